The lowest BCUT2D eigenvalue weighted by Gasteiger charge is -2.10. The second-order valence-electron chi connectivity index (χ2n) is 4.37. The summed E-state index contributed by atoms with van der Waals surface area (Å²) in [5.41, 5.74) is 2.74. The minimum atomic E-state index is -0.229. The van der Waals surface area contributed by atoms with Gasteiger partial charge in [0.1, 0.15) is 11.6 Å². The highest BCUT2D eigenvalue weighted by molar-refractivity contribution is 5.84. The largest absolute Gasteiger partial charge is 0.370 e. The molecule has 0 aliphatic heterocycles. The maximum atomic E-state index is 13.3. The zero-order chi connectivity index (χ0) is 12.4. The van der Waals surface area contributed by atoms with E-state index in [2.05, 4.69) is 23.3 Å². The van der Waals surface area contributed by atoms with Crippen LogP contribution in [0.1, 0.15) is 24.5 Å². The van der Waals surface area contributed by atoms with Crippen LogP contribution in [-0.2, 0) is 0 Å². The van der Waals surface area contributed by atoms with Crippen LogP contribution < -0.4 is 5.32 Å². The van der Waals surface area contributed by atoms with Crippen LogP contribution in [0.5, 0.6) is 0 Å². The van der Waals surface area contributed by atoms with Gasteiger partial charge in [-0.15, -0.1) is 0 Å². The van der Waals surface area contributed by atoms with Crippen LogP contribution in [0.2, 0.25) is 0 Å². The number of fused-ring (bicyclic) bond motifs is 1. The van der Waals surface area contributed by atoms with Crippen molar-refractivity contribution in [1.82, 2.24) is 4.98 Å². The summed E-state index contributed by atoms with van der Waals surface area (Å²) >= 11 is 0. The summed E-state index contributed by atoms with van der Waals surface area (Å²) in [5.74, 6) is 0.622. The van der Waals surface area contributed by atoms with Gasteiger partial charge in [0.2, 0.25) is 0 Å². The van der Waals surface area contributed by atoms with Gasteiger partial charge in [-0.1, -0.05) is 6.92 Å². The Morgan fingerprint density at radius 2 is 1.94 bits per heavy atom. The number of pyridine rings is 1. The van der Waals surface area contributed by atoms with Gasteiger partial charge < -0.3 is 5.32 Å². The Labute approximate surface area is 101 Å². The average Bonchev–Trinajstić information content (AvgIpc) is 2.27. The molecule has 0 saturated heterocycles. The van der Waals surface area contributed by atoms with Crippen LogP contribution in [0.15, 0.2) is 18.2 Å². The van der Waals surface area contributed by atoms with Crippen LogP contribution in [-0.4, -0.2) is 11.5 Å². The van der Waals surface area contributed by atoms with E-state index in [-0.39, 0.29) is 5.82 Å². The van der Waals surface area contributed by atoms with E-state index in [4.69, 9.17) is 0 Å². The third kappa shape index (κ3) is 2.38. The number of rotatable bonds is 3. The number of nitrogens with zero attached hydrogens (tertiary/aromatic N) is 1. The Kier molecular flexibility index (Phi) is 3.27. The lowest BCUT2D eigenvalue weighted by molar-refractivity contribution is 0.628. The van der Waals surface area contributed by atoms with Crippen molar-refractivity contribution in [2.45, 2.75) is 27.2 Å². The molecule has 0 bridgehead atoms. The summed E-state index contributed by atoms with van der Waals surface area (Å²) in [6.07, 6.45) is 1.04. The maximum absolute atomic E-state index is 13.3. The van der Waals surface area contributed by atoms with Crippen LogP contribution >= 0.6 is 0 Å². The Morgan fingerprint density at radius 1 is 1.18 bits per heavy atom. The van der Waals surface area contributed by atoms with Gasteiger partial charge in [-0.2, -0.15) is 0 Å². The van der Waals surface area contributed by atoms with E-state index in [9.17, 15) is 4.39 Å². The van der Waals surface area contributed by atoms with E-state index < -0.39 is 0 Å². The number of aryl methyl sites for hydroxylation is 2. The van der Waals surface area contributed by atoms with Gasteiger partial charge in [0, 0.05) is 18.0 Å². The van der Waals surface area contributed by atoms with E-state index in [1.54, 1.807) is 6.07 Å². The summed E-state index contributed by atoms with van der Waals surface area (Å²) in [6.45, 7) is 6.92. The lowest BCUT2D eigenvalue weighted by atomic mass is 10.1. The van der Waals surface area contributed by atoms with Gasteiger partial charge in [-0.3, -0.25) is 0 Å². The minimum Gasteiger partial charge on any atom is -0.370 e. The maximum Gasteiger partial charge on any atom is 0.129 e. The number of benzene rings is 1. The molecular formula is C14H17FN2. The Morgan fingerprint density at radius 3 is 2.65 bits per heavy atom. The van der Waals surface area contributed by atoms with Gasteiger partial charge in [-0.25, -0.2) is 9.37 Å². The topological polar surface area (TPSA) is 24.9 Å². The van der Waals surface area contributed by atoms with Crippen LogP contribution in [0.4, 0.5) is 10.2 Å². The monoisotopic (exact) mass is 232 g/mol. The molecule has 0 spiro atoms. The molecule has 1 aromatic heterocycles. The standard InChI is InChI=1S/C14H17FN2/c1-4-5-16-14-10(3)7-12-9(2)6-11(15)8-13(12)17-14/h6-8H,4-5H2,1-3H3,(H,16,17). The molecular weight excluding hydrogens is 215 g/mol. The van der Waals surface area contributed by atoms with E-state index in [1.165, 1.54) is 6.07 Å². The average molecular weight is 232 g/mol. The predicted molar refractivity (Wildman–Crippen MR) is 70.0 cm³/mol. The third-order valence-electron chi connectivity index (χ3n) is 2.84. The Balaban J connectivity index is 2.55. The van der Waals surface area contributed by atoms with E-state index in [1.807, 2.05) is 13.8 Å². The second-order valence-corrected chi connectivity index (χ2v) is 4.37. The molecule has 2 rings (SSSR count). The van der Waals surface area contributed by atoms with Gasteiger partial charge >= 0.3 is 0 Å². The normalized spacial score (nSPS) is 10.8. The van der Waals surface area contributed by atoms with E-state index in [0.29, 0.717) is 5.52 Å². The number of nitrogens with one attached hydrogen (secondary N) is 1. The first-order valence-corrected chi connectivity index (χ1v) is 5.93. The molecule has 0 atom stereocenters. The molecule has 0 aliphatic carbocycles. The summed E-state index contributed by atoms with van der Waals surface area (Å²) in [6, 6.07) is 5.09. The number of hydrogen-bond donors (Lipinski definition) is 1. The van der Waals surface area contributed by atoms with Crippen molar-refractivity contribution in [3.05, 3.63) is 35.1 Å². The Hall–Kier alpha value is -1.64. The van der Waals surface area contributed by atoms with Crippen molar-refractivity contribution in [3.63, 3.8) is 0 Å². The van der Waals surface area contributed by atoms with E-state index in [0.717, 1.165) is 35.3 Å². The van der Waals surface area contributed by atoms with Gasteiger partial charge in [0.25, 0.3) is 0 Å². The molecule has 17 heavy (non-hydrogen) atoms. The van der Waals surface area contributed by atoms with Crippen molar-refractivity contribution in [3.8, 4) is 0 Å². The highest BCUT2D eigenvalue weighted by Crippen LogP contribution is 2.23. The molecule has 0 unspecified atom stereocenters. The molecule has 1 N–H and O–H groups in total. The van der Waals surface area contributed by atoms with Gasteiger partial charge in [0.15, 0.2) is 0 Å². The number of aromatic nitrogens is 1. The zero-order valence-corrected chi connectivity index (χ0v) is 10.5. The minimum absolute atomic E-state index is 0.229. The fraction of sp³-hybridized carbons (Fsp3) is 0.357. The Bertz CT molecular complexity index is 549. The summed E-state index contributed by atoms with van der Waals surface area (Å²) in [4.78, 5) is 4.48. The molecule has 0 saturated carbocycles. The molecule has 1 heterocycles. The van der Waals surface area contributed by atoms with Crippen molar-refractivity contribution in [2.24, 2.45) is 0 Å². The third-order valence-corrected chi connectivity index (χ3v) is 2.84. The van der Waals surface area contributed by atoms with E-state index >= 15 is 0 Å². The number of anilines is 1. The molecule has 0 aliphatic rings. The fourth-order valence-electron chi connectivity index (χ4n) is 1.93. The first-order valence-electron chi connectivity index (χ1n) is 5.93. The molecule has 0 radical (unpaired) electrons. The SMILES string of the molecule is CCCNc1nc2cc(F)cc(C)c2cc1C. The molecule has 2 nitrogen and oxygen atoms in total. The summed E-state index contributed by atoms with van der Waals surface area (Å²) in [5, 5.41) is 4.28. The predicted octanol–water partition coefficient (Wildman–Crippen LogP) is 3.81. The summed E-state index contributed by atoms with van der Waals surface area (Å²) < 4.78 is 13.3. The zero-order valence-electron chi connectivity index (χ0n) is 10.5. The van der Waals surface area contributed by atoms with Gasteiger partial charge in [-0.05, 0) is 43.5 Å². The first-order chi connectivity index (χ1) is 8.11. The molecule has 3 heteroatoms. The van der Waals surface area contributed by atoms with Crippen molar-refractivity contribution in [2.75, 3.05) is 11.9 Å². The van der Waals surface area contributed by atoms with Crippen LogP contribution in [0.25, 0.3) is 10.9 Å². The van der Waals surface area contributed by atoms with Crippen molar-refractivity contribution in [1.29, 1.82) is 0 Å². The van der Waals surface area contributed by atoms with Crippen LogP contribution in [0, 0.1) is 19.7 Å². The molecule has 0 amide bonds. The fourth-order valence-corrected chi connectivity index (χ4v) is 1.93. The molecule has 2 aromatic rings. The number of halogens is 1. The van der Waals surface area contributed by atoms with Crippen LogP contribution in [0.3, 0.4) is 0 Å². The van der Waals surface area contributed by atoms with Crippen molar-refractivity contribution >= 4 is 16.7 Å². The summed E-state index contributed by atoms with van der Waals surface area (Å²) in [7, 11) is 0. The number of hydrogen-bond acceptors (Lipinski definition) is 2. The molecule has 90 valence electrons. The second kappa shape index (κ2) is 4.70. The van der Waals surface area contributed by atoms with Crippen molar-refractivity contribution < 1.29 is 4.39 Å². The highest BCUT2D eigenvalue weighted by Gasteiger charge is 2.06. The first kappa shape index (κ1) is 11.8. The highest BCUT2D eigenvalue weighted by atomic mass is 19.1. The van der Waals surface area contributed by atoms with Gasteiger partial charge in [0.05, 0.1) is 5.52 Å². The molecule has 1 aromatic carbocycles. The lowest BCUT2D eigenvalue weighted by Crippen LogP contribution is -2.04. The smallest absolute Gasteiger partial charge is 0.129 e. The quantitative estimate of drug-likeness (QED) is 0.870. The molecule has 0 fully saturated rings.